The molecular formula is C17H29N3O. The highest BCUT2D eigenvalue weighted by Crippen LogP contribution is 2.07. The summed E-state index contributed by atoms with van der Waals surface area (Å²) in [6.07, 6.45) is 2.25. The van der Waals surface area contributed by atoms with Gasteiger partial charge in [0.05, 0.1) is 6.54 Å². The summed E-state index contributed by atoms with van der Waals surface area (Å²) in [7, 11) is 2.15. The van der Waals surface area contributed by atoms with E-state index in [4.69, 9.17) is 0 Å². The molecule has 0 unspecified atom stereocenters. The average molecular weight is 291 g/mol. The molecule has 0 bridgehead atoms. The summed E-state index contributed by atoms with van der Waals surface area (Å²) < 4.78 is 0. The van der Waals surface area contributed by atoms with Gasteiger partial charge in [-0.05, 0) is 65.9 Å². The molecule has 21 heavy (non-hydrogen) atoms. The molecule has 1 rings (SSSR count). The number of nitrogens with one attached hydrogen (secondary N) is 2. The molecule has 0 fully saturated rings. The standard InChI is InChI=1S/C17H29N3O/c1-14(2)20(4)12-6-5-11-18-13-17(21)19-16-9-7-15(3)8-10-16/h7-10,14,18H,5-6,11-13H2,1-4H3,(H,19,21). The zero-order chi connectivity index (χ0) is 15.7. The Morgan fingerprint density at radius 3 is 2.48 bits per heavy atom. The Morgan fingerprint density at radius 1 is 1.19 bits per heavy atom. The van der Waals surface area contributed by atoms with E-state index in [1.54, 1.807) is 0 Å². The van der Waals surface area contributed by atoms with E-state index >= 15 is 0 Å². The third kappa shape index (κ3) is 7.83. The molecule has 118 valence electrons. The molecule has 0 atom stereocenters. The average Bonchev–Trinajstić information content (AvgIpc) is 2.44. The summed E-state index contributed by atoms with van der Waals surface area (Å²) in [5.41, 5.74) is 2.04. The fraction of sp³-hybridized carbons (Fsp3) is 0.588. The first kappa shape index (κ1) is 17.7. The zero-order valence-corrected chi connectivity index (χ0v) is 13.8. The third-order valence-corrected chi connectivity index (χ3v) is 3.62. The lowest BCUT2D eigenvalue weighted by Crippen LogP contribution is -2.30. The lowest BCUT2D eigenvalue weighted by molar-refractivity contribution is -0.115. The molecule has 1 aromatic rings. The molecule has 0 aliphatic heterocycles. The van der Waals surface area contributed by atoms with Gasteiger partial charge >= 0.3 is 0 Å². The first-order chi connectivity index (χ1) is 9.99. The van der Waals surface area contributed by atoms with Gasteiger partial charge in [0.2, 0.25) is 5.91 Å². The lowest BCUT2D eigenvalue weighted by Gasteiger charge is -2.20. The largest absolute Gasteiger partial charge is 0.325 e. The topological polar surface area (TPSA) is 44.4 Å². The smallest absolute Gasteiger partial charge is 0.238 e. The maximum Gasteiger partial charge on any atom is 0.238 e. The van der Waals surface area contributed by atoms with Gasteiger partial charge in [0.15, 0.2) is 0 Å². The molecule has 0 aliphatic carbocycles. The highest BCUT2D eigenvalue weighted by Gasteiger charge is 2.03. The molecule has 1 aromatic carbocycles. The first-order valence-corrected chi connectivity index (χ1v) is 7.76. The van der Waals surface area contributed by atoms with Crippen molar-refractivity contribution in [2.45, 2.75) is 39.7 Å². The van der Waals surface area contributed by atoms with Crippen LogP contribution in [0.2, 0.25) is 0 Å². The van der Waals surface area contributed by atoms with Crippen molar-refractivity contribution in [3.63, 3.8) is 0 Å². The van der Waals surface area contributed by atoms with Gasteiger partial charge in [0, 0.05) is 11.7 Å². The number of anilines is 1. The van der Waals surface area contributed by atoms with E-state index in [9.17, 15) is 4.79 Å². The van der Waals surface area contributed by atoms with Crippen LogP contribution >= 0.6 is 0 Å². The van der Waals surface area contributed by atoms with Crippen LogP contribution in [0.1, 0.15) is 32.3 Å². The van der Waals surface area contributed by atoms with E-state index in [2.05, 4.69) is 36.4 Å². The molecular weight excluding hydrogens is 262 g/mol. The van der Waals surface area contributed by atoms with Gasteiger partial charge in [-0.1, -0.05) is 17.7 Å². The van der Waals surface area contributed by atoms with Crippen LogP contribution in [0.3, 0.4) is 0 Å². The summed E-state index contributed by atoms with van der Waals surface area (Å²) in [4.78, 5) is 14.1. The predicted octanol–water partition coefficient (Wildman–Crippen LogP) is 2.64. The monoisotopic (exact) mass is 291 g/mol. The molecule has 4 nitrogen and oxygen atoms in total. The van der Waals surface area contributed by atoms with Crippen LogP contribution < -0.4 is 10.6 Å². The number of carbonyl (C=O) groups excluding carboxylic acids is 1. The molecule has 0 heterocycles. The van der Waals surface area contributed by atoms with Crippen LogP contribution in [0.15, 0.2) is 24.3 Å². The van der Waals surface area contributed by atoms with Crippen molar-refractivity contribution in [1.29, 1.82) is 0 Å². The van der Waals surface area contributed by atoms with Gasteiger partial charge in [-0.2, -0.15) is 0 Å². The summed E-state index contributed by atoms with van der Waals surface area (Å²) in [5, 5.41) is 6.07. The van der Waals surface area contributed by atoms with E-state index in [0.29, 0.717) is 12.6 Å². The minimum absolute atomic E-state index is 0.0122. The number of nitrogens with zero attached hydrogens (tertiary/aromatic N) is 1. The lowest BCUT2D eigenvalue weighted by atomic mass is 10.2. The number of amides is 1. The second-order valence-electron chi connectivity index (χ2n) is 5.87. The SMILES string of the molecule is Cc1ccc(NC(=O)CNCCCCN(C)C(C)C)cc1. The summed E-state index contributed by atoms with van der Waals surface area (Å²) in [6, 6.07) is 8.44. The predicted molar refractivity (Wildman–Crippen MR) is 89.7 cm³/mol. The van der Waals surface area contributed by atoms with Gasteiger partial charge in [0.1, 0.15) is 0 Å². The minimum atomic E-state index is 0.0122. The van der Waals surface area contributed by atoms with Crippen molar-refractivity contribution >= 4 is 11.6 Å². The van der Waals surface area contributed by atoms with Crippen molar-refractivity contribution in [1.82, 2.24) is 10.2 Å². The molecule has 4 heteroatoms. The van der Waals surface area contributed by atoms with Gasteiger partial charge in [-0.15, -0.1) is 0 Å². The Kier molecular flexibility index (Phi) is 8.01. The van der Waals surface area contributed by atoms with Crippen LogP contribution in [0, 0.1) is 6.92 Å². The van der Waals surface area contributed by atoms with Gasteiger partial charge < -0.3 is 15.5 Å². The second-order valence-corrected chi connectivity index (χ2v) is 5.87. The van der Waals surface area contributed by atoms with Crippen molar-refractivity contribution in [3.8, 4) is 0 Å². The maximum atomic E-state index is 11.7. The summed E-state index contributed by atoms with van der Waals surface area (Å²) in [5.74, 6) is 0.0122. The zero-order valence-electron chi connectivity index (χ0n) is 13.8. The first-order valence-electron chi connectivity index (χ1n) is 7.76. The molecule has 0 aromatic heterocycles. The van der Waals surface area contributed by atoms with Crippen molar-refractivity contribution in [2.75, 3.05) is 32.0 Å². The summed E-state index contributed by atoms with van der Waals surface area (Å²) in [6.45, 7) is 8.79. The highest BCUT2D eigenvalue weighted by atomic mass is 16.1. The van der Waals surface area contributed by atoms with Gasteiger partial charge in [-0.25, -0.2) is 0 Å². The molecule has 0 saturated carbocycles. The van der Waals surface area contributed by atoms with Gasteiger partial charge in [0.25, 0.3) is 0 Å². The number of aryl methyl sites for hydroxylation is 1. The number of carbonyl (C=O) groups is 1. The Labute approximate surface area is 128 Å². The van der Waals surface area contributed by atoms with Crippen molar-refractivity contribution in [3.05, 3.63) is 29.8 Å². The maximum absolute atomic E-state index is 11.7. The molecule has 1 amide bonds. The van der Waals surface area contributed by atoms with E-state index in [1.807, 2.05) is 31.2 Å². The van der Waals surface area contributed by atoms with E-state index < -0.39 is 0 Å². The van der Waals surface area contributed by atoms with Crippen molar-refractivity contribution in [2.24, 2.45) is 0 Å². The van der Waals surface area contributed by atoms with E-state index in [-0.39, 0.29) is 5.91 Å². The number of rotatable bonds is 9. The molecule has 0 spiro atoms. The number of hydrogen-bond acceptors (Lipinski definition) is 3. The molecule has 0 radical (unpaired) electrons. The Morgan fingerprint density at radius 2 is 1.86 bits per heavy atom. The van der Waals surface area contributed by atoms with E-state index in [0.717, 1.165) is 31.6 Å². The van der Waals surface area contributed by atoms with E-state index in [1.165, 1.54) is 5.56 Å². The fourth-order valence-corrected chi connectivity index (χ4v) is 1.91. The van der Waals surface area contributed by atoms with Crippen LogP contribution in [0.5, 0.6) is 0 Å². The Balaban J connectivity index is 2.07. The number of benzene rings is 1. The second kappa shape index (κ2) is 9.53. The van der Waals surface area contributed by atoms with Crippen LogP contribution in [-0.4, -0.2) is 43.5 Å². The number of hydrogen-bond donors (Lipinski definition) is 2. The third-order valence-electron chi connectivity index (χ3n) is 3.62. The van der Waals surface area contributed by atoms with Gasteiger partial charge in [-0.3, -0.25) is 4.79 Å². The molecule has 0 aliphatic rings. The molecule has 0 saturated heterocycles. The normalized spacial score (nSPS) is 11.1. The number of unbranched alkanes of at least 4 members (excludes halogenated alkanes) is 1. The molecule has 2 N–H and O–H groups in total. The summed E-state index contributed by atoms with van der Waals surface area (Å²) >= 11 is 0. The Hall–Kier alpha value is -1.39. The fourth-order valence-electron chi connectivity index (χ4n) is 1.91. The highest BCUT2D eigenvalue weighted by molar-refractivity contribution is 5.92. The quantitative estimate of drug-likeness (QED) is 0.688. The van der Waals surface area contributed by atoms with Crippen LogP contribution in [0.25, 0.3) is 0 Å². The van der Waals surface area contributed by atoms with Crippen LogP contribution in [0.4, 0.5) is 5.69 Å². The van der Waals surface area contributed by atoms with Crippen LogP contribution in [-0.2, 0) is 4.79 Å². The van der Waals surface area contributed by atoms with Crippen molar-refractivity contribution < 1.29 is 4.79 Å². The Bertz CT molecular complexity index is 415. The minimum Gasteiger partial charge on any atom is -0.325 e.